The van der Waals surface area contributed by atoms with Gasteiger partial charge in [0.1, 0.15) is 0 Å². The van der Waals surface area contributed by atoms with Gasteiger partial charge in [-0.3, -0.25) is 4.79 Å². The highest BCUT2D eigenvalue weighted by Crippen LogP contribution is 2.39. The van der Waals surface area contributed by atoms with Gasteiger partial charge in [-0.15, -0.1) is 0 Å². The molecule has 1 amide bonds. The van der Waals surface area contributed by atoms with Crippen LogP contribution >= 0.6 is 0 Å². The molecule has 0 radical (unpaired) electrons. The van der Waals surface area contributed by atoms with Crippen molar-refractivity contribution in [2.24, 2.45) is 5.10 Å². The third-order valence-corrected chi connectivity index (χ3v) is 3.91. The lowest BCUT2D eigenvalue weighted by atomic mass is 10.1. The normalized spacial score (nSPS) is 11.1. The maximum Gasteiger partial charge on any atom is 0.271 e. The summed E-state index contributed by atoms with van der Waals surface area (Å²) in [6.45, 7) is 8.99. The Morgan fingerprint density at radius 3 is 1.93 bits per heavy atom. The summed E-state index contributed by atoms with van der Waals surface area (Å²) in [5, 5.41) is 4.30. The zero-order valence-corrected chi connectivity index (χ0v) is 17.0. The van der Waals surface area contributed by atoms with Gasteiger partial charge in [0, 0.05) is 5.56 Å². The van der Waals surface area contributed by atoms with Gasteiger partial charge < -0.3 is 14.2 Å². The van der Waals surface area contributed by atoms with E-state index in [-0.39, 0.29) is 5.91 Å². The quantitative estimate of drug-likeness (QED) is 0.486. The zero-order valence-electron chi connectivity index (χ0n) is 17.0. The number of ether oxygens (including phenoxy) is 3. The second-order valence-corrected chi connectivity index (χ2v) is 5.82. The van der Waals surface area contributed by atoms with Crippen LogP contribution in [0.25, 0.3) is 0 Å². The molecule has 2 aromatic rings. The van der Waals surface area contributed by atoms with E-state index >= 15 is 0 Å². The average molecular weight is 384 g/mol. The summed E-state index contributed by atoms with van der Waals surface area (Å²) in [6, 6.07) is 13.1. The molecule has 0 unspecified atom stereocenters. The van der Waals surface area contributed by atoms with Gasteiger partial charge >= 0.3 is 0 Å². The molecule has 150 valence electrons. The van der Waals surface area contributed by atoms with E-state index in [2.05, 4.69) is 10.5 Å². The van der Waals surface area contributed by atoms with Gasteiger partial charge in [0.25, 0.3) is 5.91 Å². The summed E-state index contributed by atoms with van der Waals surface area (Å²) < 4.78 is 17.0. The number of benzene rings is 2. The summed E-state index contributed by atoms with van der Waals surface area (Å²) in [4.78, 5) is 12.7. The van der Waals surface area contributed by atoms with Gasteiger partial charge in [-0.1, -0.05) is 37.3 Å². The van der Waals surface area contributed by atoms with Crippen LogP contribution in [-0.2, 0) is 0 Å². The Morgan fingerprint density at radius 1 is 0.857 bits per heavy atom. The number of hydrogen-bond donors (Lipinski definition) is 1. The Labute approximate surface area is 166 Å². The van der Waals surface area contributed by atoms with Crippen molar-refractivity contribution in [1.82, 2.24) is 5.43 Å². The minimum atomic E-state index is -0.341. The molecule has 0 fully saturated rings. The molecule has 0 atom stereocenters. The SMILES string of the molecule is CCOc1cc(C(=O)NN=C(CC)c2ccccc2)cc(OCC)c1OCC. The Bertz CT molecular complexity index is 776. The predicted octanol–water partition coefficient (Wildman–Crippen LogP) is 4.43. The standard InChI is InChI=1S/C22H28N2O4/c1-5-18(16-12-10-9-11-13-16)23-24-22(25)17-14-19(26-6-2)21(28-8-4)20(15-17)27-7-3/h9-15H,5-8H2,1-4H3,(H,24,25). The highest BCUT2D eigenvalue weighted by atomic mass is 16.5. The van der Waals surface area contributed by atoms with Crippen molar-refractivity contribution in [2.75, 3.05) is 19.8 Å². The molecule has 6 nitrogen and oxygen atoms in total. The van der Waals surface area contributed by atoms with Crippen LogP contribution < -0.4 is 19.6 Å². The fourth-order valence-corrected chi connectivity index (χ4v) is 2.68. The van der Waals surface area contributed by atoms with Crippen LogP contribution in [0, 0.1) is 0 Å². The van der Waals surface area contributed by atoms with Gasteiger partial charge in [0.15, 0.2) is 11.5 Å². The summed E-state index contributed by atoms with van der Waals surface area (Å²) in [5.41, 5.74) is 4.80. The first-order chi connectivity index (χ1) is 13.6. The molecule has 6 heteroatoms. The Morgan fingerprint density at radius 2 is 1.43 bits per heavy atom. The lowest BCUT2D eigenvalue weighted by Crippen LogP contribution is -2.20. The van der Waals surface area contributed by atoms with Crippen molar-refractivity contribution in [1.29, 1.82) is 0 Å². The Kier molecular flexibility index (Phi) is 8.34. The molecule has 2 rings (SSSR count). The first-order valence-corrected chi connectivity index (χ1v) is 9.63. The fraction of sp³-hybridized carbons (Fsp3) is 0.364. The molecular formula is C22H28N2O4. The van der Waals surface area contributed by atoms with Crippen LogP contribution in [0.3, 0.4) is 0 Å². The molecule has 0 saturated carbocycles. The van der Waals surface area contributed by atoms with E-state index in [9.17, 15) is 4.79 Å². The van der Waals surface area contributed by atoms with E-state index < -0.39 is 0 Å². The van der Waals surface area contributed by atoms with Crippen molar-refractivity contribution < 1.29 is 19.0 Å². The van der Waals surface area contributed by atoms with Crippen LogP contribution in [0.1, 0.15) is 50.0 Å². The molecule has 0 heterocycles. The molecule has 0 aliphatic heterocycles. The molecule has 28 heavy (non-hydrogen) atoms. The second kappa shape index (κ2) is 11.0. The van der Waals surface area contributed by atoms with Crippen molar-refractivity contribution in [3.05, 3.63) is 53.6 Å². The first-order valence-electron chi connectivity index (χ1n) is 9.63. The third-order valence-electron chi connectivity index (χ3n) is 3.91. The van der Waals surface area contributed by atoms with Crippen LogP contribution in [0.2, 0.25) is 0 Å². The maximum atomic E-state index is 12.7. The molecule has 2 aromatic carbocycles. The smallest absolute Gasteiger partial charge is 0.271 e. The molecule has 0 aromatic heterocycles. The van der Waals surface area contributed by atoms with E-state index in [1.165, 1.54) is 0 Å². The number of carbonyl (C=O) groups is 1. The predicted molar refractivity (Wildman–Crippen MR) is 111 cm³/mol. The molecule has 0 spiro atoms. The van der Waals surface area contributed by atoms with E-state index in [0.29, 0.717) is 49.1 Å². The number of amides is 1. The summed E-state index contributed by atoms with van der Waals surface area (Å²) in [6.07, 6.45) is 0.696. The highest BCUT2D eigenvalue weighted by molar-refractivity contribution is 6.02. The number of nitrogens with zero attached hydrogens (tertiary/aromatic N) is 1. The second-order valence-electron chi connectivity index (χ2n) is 5.82. The summed E-state index contributed by atoms with van der Waals surface area (Å²) in [5.74, 6) is 1.11. The molecule has 1 N–H and O–H groups in total. The number of nitrogens with one attached hydrogen (secondary N) is 1. The third kappa shape index (κ3) is 5.49. The number of carbonyl (C=O) groups excluding carboxylic acids is 1. The first kappa shape index (κ1) is 21.3. The van der Waals surface area contributed by atoms with Crippen LogP contribution in [0.4, 0.5) is 0 Å². The van der Waals surface area contributed by atoms with Gasteiger partial charge in [-0.05, 0) is 44.9 Å². The van der Waals surface area contributed by atoms with Crippen molar-refractivity contribution in [3.63, 3.8) is 0 Å². The van der Waals surface area contributed by atoms with Crippen LogP contribution in [-0.4, -0.2) is 31.4 Å². The van der Waals surface area contributed by atoms with E-state index in [4.69, 9.17) is 14.2 Å². The number of hydrogen-bond acceptors (Lipinski definition) is 5. The van der Waals surface area contributed by atoms with Gasteiger partial charge in [-0.25, -0.2) is 5.43 Å². The number of hydrazone groups is 1. The lowest BCUT2D eigenvalue weighted by molar-refractivity contribution is 0.0953. The number of rotatable bonds is 10. The molecular weight excluding hydrogens is 356 g/mol. The topological polar surface area (TPSA) is 69.2 Å². The van der Waals surface area contributed by atoms with Gasteiger partial charge in [0.05, 0.1) is 25.5 Å². The molecule has 0 bridgehead atoms. The Hall–Kier alpha value is -3.02. The van der Waals surface area contributed by atoms with Crippen LogP contribution in [0.15, 0.2) is 47.6 Å². The fourth-order valence-electron chi connectivity index (χ4n) is 2.68. The van der Waals surface area contributed by atoms with Gasteiger partial charge in [-0.2, -0.15) is 5.10 Å². The summed E-state index contributed by atoms with van der Waals surface area (Å²) >= 11 is 0. The Balaban J connectivity index is 2.32. The van der Waals surface area contributed by atoms with E-state index in [0.717, 1.165) is 11.3 Å². The minimum Gasteiger partial charge on any atom is -0.490 e. The molecule has 0 aliphatic rings. The van der Waals surface area contributed by atoms with Crippen molar-refractivity contribution in [2.45, 2.75) is 34.1 Å². The molecule has 0 aliphatic carbocycles. The molecule has 0 saturated heterocycles. The highest BCUT2D eigenvalue weighted by Gasteiger charge is 2.18. The minimum absolute atomic E-state index is 0.341. The van der Waals surface area contributed by atoms with Crippen LogP contribution in [0.5, 0.6) is 17.2 Å². The maximum absolute atomic E-state index is 12.7. The largest absolute Gasteiger partial charge is 0.490 e. The monoisotopic (exact) mass is 384 g/mol. The lowest BCUT2D eigenvalue weighted by Gasteiger charge is -2.16. The summed E-state index contributed by atoms with van der Waals surface area (Å²) in [7, 11) is 0. The van der Waals surface area contributed by atoms with E-state index in [1.54, 1.807) is 12.1 Å². The van der Waals surface area contributed by atoms with Gasteiger partial charge in [0.2, 0.25) is 5.75 Å². The van der Waals surface area contributed by atoms with Crippen molar-refractivity contribution in [3.8, 4) is 17.2 Å². The average Bonchev–Trinajstić information content (AvgIpc) is 2.71. The van der Waals surface area contributed by atoms with Crippen molar-refractivity contribution >= 4 is 11.6 Å². The zero-order chi connectivity index (χ0) is 20.4. The van der Waals surface area contributed by atoms with E-state index in [1.807, 2.05) is 58.0 Å².